The smallest absolute Gasteiger partial charge is 0.322 e. The number of hydrogen-bond acceptors (Lipinski definition) is 5. The Morgan fingerprint density at radius 3 is 2.41 bits per heavy atom. The van der Waals surface area contributed by atoms with Crippen LogP contribution in [0.1, 0.15) is 24.5 Å². The maximum atomic E-state index is 12.9. The molecule has 0 aliphatic rings. The first-order chi connectivity index (χ1) is 13.8. The van der Waals surface area contributed by atoms with Crippen molar-refractivity contribution in [2.45, 2.75) is 26.3 Å². The number of carbonyl (C=O) groups is 1. The fourth-order valence-electron chi connectivity index (χ4n) is 2.84. The third-order valence-electron chi connectivity index (χ3n) is 4.25. The summed E-state index contributed by atoms with van der Waals surface area (Å²) in [6.07, 6.45) is 2.52. The zero-order valence-corrected chi connectivity index (χ0v) is 17.9. The molecule has 0 atom stereocenters. The van der Waals surface area contributed by atoms with Crippen molar-refractivity contribution in [2.24, 2.45) is 0 Å². The quantitative estimate of drug-likeness (QED) is 0.468. The number of anilines is 1. The van der Waals surface area contributed by atoms with E-state index in [-0.39, 0.29) is 11.8 Å². The lowest BCUT2D eigenvalue weighted by Crippen LogP contribution is -2.36. The second-order valence-electron chi connectivity index (χ2n) is 6.64. The SMILES string of the molecule is CCc1ccccc1NC(=O)N(CCCOC)Cc1ccc(OS(C)(=O)=O)cc1. The molecule has 2 amide bonds. The van der Waals surface area contributed by atoms with Crippen molar-refractivity contribution >= 4 is 21.8 Å². The minimum atomic E-state index is -3.57. The Kier molecular flexibility index (Phi) is 8.48. The number of para-hydroxylation sites is 1. The van der Waals surface area contributed by atoms with Crippen molar-refractivity contribution in [3.63, 3.8) is 0 Å². The molecule has 0 aliphatic heterocycles. The van der Waals surface area contributed by atoms with E-state index in [1.165, 1.54) is 0 Å². The van der Waals surface area contributed by atoms with E-state index in [0.29, 0.717) is 26.1 Å². The zero-order valence-electron chi connectivity index (χ0n) is 17.1. The number of urea groups is 1. The number of carbonyl (C=O) groups excluding carboxylic acids is 1. The van der Waals surface area contributed by atoms with Crippen LogP contribution < -0.4 is 9.50 Å². The van der Waals surface area contributed by atoms with Crippen molar-refractivity contribution in [1.29, 1.82) is 0 Å². The van der Waals surface area contributed by atoms with E-state index in [2.05, 4.69) is 5.32 Å². The Balaban J connectivity index is 2.11. The molecular formula is C21H28N2O5S. The number of aryl methyl sites for hydroxylation is 1. The van der Waals surface area contributed by atoms with Gasteiger partial charge < -0.3 is 19.1 Å². The largest absolute Gasteiger partial charge is 0.385 e. The summed E-state index contributed by atoms with van der Waals surface area (Å²) in [6.45, 7) is 3.50. The normalized spacial score (nSPS) is 11.1. The summed E-state index contributed by atoms with van der Waals surface area (Å²) in [7, 11) is -1.94. The predicted octanol–water partition coefficient (Wildman–Crippen LogP) is 3.66. The third-order valence-corrected chi connectivity index (χ3v) is 4.74. The molecule has 158 valence electrons. The standard InChI is InChI=1S/C21H28N2O5S/c1-4-18-8-5-6-9-20(18)22-21(24)23(14-7-15-27-2)16-17-10-12-19(13-11-17)28-29(3,25)26/h5-6,8-13H,4,7,14-16H2,1-3H3,(H,22,24). The van der Waals surface area contributed by atoms with Gasteiger partial charge in [-0.3, -0.25) is 0 Å². The van der Waals surface area contributed by atoms with E-state index in [9.17, 15) is 13.2 Å². The van der Waals surface area contributed by atoms with Crippen molar-refractivity contribution in [1.82, 2.24) is 4.90 Å². The van der Waals surface area contributed by atoms with Crippen LogP contribution in [0, 0.1) is 0 Å². The lowest BCUT2D eigenvalue weighted by Gasteiger charge is -2.24. The summed E-state index contributed by atoms with van der Waals surface area (Å²) >= 11 is 0. The van der Waals surface area contributed by atoms with E-state index < -0.39 is 10.1 Å². The Morgan fingerprint density at radius 1 is 1.10 bits per heavy atom. The highest BCUT2D eigenvalue weighted by Gasteiger charge is 2.15. The molecule has 0 fully saturated rings. The van der Waals surface area contributed by atoms with Gasteiger partial charge in [0.1, 0.15) is 5.75 Å². The van der Waals surface area contributed by atoms with Gasteiger partial charge in [-0.15, -0.1) is 0 Å². The van der Waals surface area contributed by atoms with E-state index in [1.54, 1.807) is 36.3 Å². The second-order valence-corrected chi connectivity index (χ2v) is 8.22. The van der Waals surface area contributed by atoms with Gasteiger partial charge >= 0.3 is 16.1 Å². The Hall–Kier alpha value is -2.58. The number of ether oxygens (including phenoxy) is 1. The van der Waals surface area contributed by atoms with Crippen LogP contribution in [-0.2, 0) is 27.8 Å². The van der Waals surface area contributed by atoms with Crippen LogP contribution in [0.5, 0.6) is 5.75 Å². The molecule has 0 aromatic heterocycles. The first kappa shape index (κ1) is 22.7. The molecule has 0 spiro atoms. The molecule has 1 N–H and O–H groups in total. The van der Waals surface area contributed by atoms with Crippen LogP contribution in [0.3, 0.4) is 0 Å². The summed E-state index contributed by atoms with van der Waals surface area (Å²) in [4.78, 5) is 14.6. The van der Waals surface area contributed by atoms with Gasteiger partial charge in [0.25, 0.3) is 0 Å². The highest BCUT2D eigenvalue weighted by Crippen LogP contribution is 2.18. The average molecular weight is 421 g/mol. The summed E-state index contributed by atoms with van der Waals surface area (Å²) < 4.78 is 32.4. The minimum Gasteiger partial charge on any atom is -0.385 e. The van der Waals surface area contributed by atoms with Gasteiger partial charge in [0.15, 0.2) is 0 Å². The monoisotopic (exact) mass is 420 g/mol. The van der Waals surface area contributed by atoms with Gasteiger partial charge in [0.05, 0.1) is 6.26 Å². The van der Waals surface area contributed by atoms with E-state index >= 15 is 0 Å². The van der Waals surface area contributed by atoms with Crippen LogP contribution in [0.25, 0.3) is 0 Å². The minimum absolute atomic E-state index is 0.196. The van der Waals surface area contributed by atoms with Crippen molar-refractivity contribution < 1.29 is 22.1 Å². The van der Waals surface area contributed by atoms with Crippen molar-refractivity contribution in [2.75, 3.05) is 31.8 Å². The fourth-order valence-corrected chi connectivity index (χ4v) is 3.30. The first-order valence-corrected chi connectivity index (χ1v) is 11.2. The number of benzene rings is 2. The van der Waals surface area contributed by atoms with Crippen LogP contribution in [-0.4, -0.2) is 45.9 Å². The maximum absolute atomic E-state index is 12.9. The molecule has 7 nitrogen and oxygen atoms in total. The molecule has 2 aromatic rings. The fraction of sp³-hybridized carbons (Fsp3) is 0.381. The van der Waals surface area contributed by atoms with Gasteiger partial charge in [0, 0.05) is 32.5 Å². The highest BCUT2D eigenvalue weighted by atomic mass is 32.2. The molecule has 2 aromatic carbocycles. The molecule has 8 heteroatoms. The lowest BCUT2D eigenvalue weighted by atomic mass is 10.1. The van der Waals surface area contributed by atoms with Gasteiger partial charge in [-0.05, 0) is 42.2 Å². The second kappa shape index (κ2) is 10.8. The van der Waals surface area contributed by atoms with Crippen LogP contribution in [0.15, 0.2) is 48.5 Å². The Morgan fingerprint density at radius 2 is 1.79 bits per heavy atom. The van der Waals surface area contributed by atoms with Crippen molar-refractivity contribution in [3.8, 4) is 5.75 Å². The third kappa shape index (κ3) is 7.75. The summed E-state index contributed by atoms with van der Waals surface area (Å²) in [5, 5.41) is 2.99. The molecule has 0 bridgehead atoms. The molecule has 0 saturated carbocycles. The molecular weight excluding hydrogens is 392 g/mol. The van der Waals surface area contributed by atoms with Crippen molar-refractivity contribution in [3.05, 3.63) is 59.7 Å². The number of methoxy groups -OCH3 is 1. The van der Waals surface area contributed by atoms with Gasteiger partial charge in [-0.2, -0.15) is 8.42 Å². The Bertz CT molecular complexity index is 898. The van der Waals surface area contributed by atoms with Crippen LogP contribution in [0.2, 0.25) is 0 Å². The predicted molar refractivity (Wildman–Crippen MR) is 114 cm³/mol. The number of nitrogens with zero attached hydrogens (tertiary/aromatic N) is 1. The molecule has 0 unspecified atom stereocenters. The van der Waals surface area contributed by atoms with E-state index in [4.69, 9.17) is 8.92 Å². The average Bonchev–Trinajstić information content (AvgIpc) is 2.68. The Labute approximate surface area is 172 Å². The van der Waals surface area contributed by atoms with Crippen LogP contribution >= 0.6 is 0 Å². The van der Waals surface area contributed by atoms with Gasteiger partial charge in [-0.25, -0.2) is 4.79 Å². The molecule has 29 heavy (non-hydrogen) atoms. The lowest BCUT2D eigenvalue weighted by molar-refractivity contribution is 0.171. The number of nitrogens with one attached hydrogen (secondary N) is 1. The van der Waals surface area contributed by atoms with Crippen LogP contribution in [0.4, 0.5) is 10.5 Å². The number of amides is 2. The molecule has 0 aliphatic carbocycles. The first-order valence-electron chi connectivity index (χ1n) is 9.43. The zero-order chi connectivity index (χ0) is 21.3. The maximum Gasteiger partial charge on any atom is 0.322 e. The number of rotatable bonds is 10. The molecule has 0 heterocycles. The highest BCUT2D eigenvalue weighted by molar-refractivity contribution is 7.86. The summed E-state index contributed by atoms with van der Waals surface area (Å²) in [5.74, 6) is 0.239. The summed E-state index contributed by atoms with van der Waals surface area (Å²) in [5.41, 5.74) is 2.73. The number of hydrogen-bond donors (Lipinski definition) is 1. The topological polar surface area (TPSA) is 84.9 Å². The molecule has 2 rings (SSSR count). The molecule has 0 saturated heterocycles. The van der Waals surface area contributed by atoms with E-state index in [1.807, 2.05) is 31.2 Å². The van der Waals surface area contributed by atoms with E-state index in [0.717, 1.165) is 29.5 Å². The summed E-state index contributed by atoms with van der Waals surface area (Å²) in [6, 6.07) is 14.2. The van der Waals surface area contributed by atoms with Gasteiger partial charge in [-0.1, -0.05) is 37.3 Å². The molecule has 0 radical (unpaired) electrons. The van der Waals surface area contributed by atoms with Gasteiger partial charge in [0.2, 0.25) is 0 Å².